The van der Waals surface area contributed by atoms with Crippen LogP contribution in [-0.4, -0.2) is 16.5 Å². The zero-order chi connectivity index (χ0) is 17.8. The Bertz CT molecular complexity index is 940. The van der Waals surface area contributed by atoms with E-state index in [1.54, 1.807) is 12.1 Å². The van der Waals surface area contributed by atoms with Crippen molar-refractivity contribution in [2.45, 2.75) is 24.9 Å². The molecule has 0 heterocycles. The largest absolute Gasteiger partial charge is 0.455 e. The highest BCUT2D eigenvalue weighted by Gasteiger charge is 2.89. The quantitative estimate of drug-likeness (QED) is 0.468. The Balaban J connectivity index is 1.20. The highest BCUT2D eigenvalue weighted by molar-refractivity contribution is 5.90. The van der Waals surface area contributed by atoms with Gasteiger partial charge in [0.05, 0.1) is 10.5 Å². The first-order chi connectivity index (χ1) is 13.1. The van der Waals surface area contributed by atoms with Crippen LogP contribution >= 0.6 is 0 Å². The van der Waals surface area contributed by atoms with Gasteiger partial charge in [-0.15, -0.1) is 0 Å². The summed E-state index contributed by atoms with van der Waals surface area (Å²) in [6, 6.07) is 5.93. The maximum Gasteiger partial charge on any atom is 0.338 e. The van der Waals surface area contributed by atoms with Crippen molar-refractivity contribution in [3.8, 4) is 0 Å². The fraction of sp³-hybridized carbons (Fsp3) is 0.682. The van der Waals surface area contributed by atoms with Crippen LogP contribution in [0.25, 0.3) is 0 Å². The second-order valence-electron chi connectivity index (χ2n) is 10.5. The lowest BCUT2D eigenvalue weighted by Gasteiger charge is -2.55. The first-order valence-corrected chi connectivity index (χ1v) is 10.6. The molecule has 5 heteroatoms. The fourth-order valence-electron chi connectivity index (χ4n) is 10.7. The minimum atomic E-state index is -0.430. The van der Waals surface area contributed by atoms with Crippen LogP contribution in [0, 0.1) is 75.2 Å². The van der Waals surface area contributed by atoms with Gasteiger partial charge < -0.3 is 4.74 Å². The molecule has 6 bridgehead atoms. The average molecular weight is 363 g/mol. The van der Waals surface area contributed by atoms with Gasteiger partial charge in [0.15, 0.2) is 0 Å². The second-order valence-corrected chi connectivity index (χ2v) is 10.5. The highest BCUT2D eigenvalue weighted by Crippen LogP contribution is 2.90. The van der Waals surface area contributed by atoms with Gasteiger partial charge in [0, 0.05) is 24.0 Å². The van der Waals surface area contributed by atoms with Crippen molar-refractivity contribution in [2.75, 3.05) is 0 Å². The van der Waals surface area contributed by atoms with Crippen molar-refractivity contribution in [1.29, 1.82) is 0 Å². The monoisotopic (exact) mass is 363 g/mol. The molecule has 1 aromatic rings. The van der Waals surface area contributed by atoms with Gasteiger partial charge in [-0.1, -0.05) is 0 Å². The smallest absolute Gasteiger partial charge is 0.338 e. The van der Waals surface area contributed by atoms with E-state index in [2.05, 4.69) is 0 Å². The summed E-state index contributed by atoms with van der Waals surface area (Å²) in [5.41, 5.74) is 0.256. The van der Waals surface area contributed by atoms with Crippen LogP contribution < -0.4 is 0 Å². The van der Waals surface area contributed by atoms with Crippen molar-refractivity contribution < 1.29 is 14.5 Å². The third kappa shape index (κ3) is 1.22. The number of carbonyl (C=O) groups excluding carboxylic acids is 1. The van der Waals surface area contributed by atoms with Crippen molar-refractivity contribution in [3.05, 3.63) is 39.9 Å². The van der Waals surface area contributed by atoms with E-state index in [9.17, 15) is 14.9 Å². The lowest BCUT2D eigenvalue weighted by molar-refractivity contribution is -0.384. The maximum absolute atomic E-state index is 13.1. The van der Waals surface area contributed by atoms with Crippen molar-refractivity contribution in [2.24, 2.45) is 65.1 Å². The molecule has 0 N–H and O–H groups in total. The van der Waals surface area contributed by atoms with Crippen molar-refractivity contribution >= 4 is 11.7 Å². The number of non-ortho nitro benzene ring substituents is 1. The molecule has 5 nitrogen and oxygen atoms in total. The van der Waals surface area contributed by atoms with Gasteiger partial charge >= 0.3 is 5.97 Å². The molecule has 0 saturated heterocycles. The lowest BCUT2D eigenvalue weighted by Crippen LogP contribution is -2.58. The summed E-state index contributed by atoms with van der Waals surface area (Å²) in [5.74, 6) is 9.04. The topological polar surface area (TPSA) is 69.4 Å². The number of esters is 1. The number of nitro benzene ring substituents is 1. The van der Waals surface area contributed by atoms with E-state index >= 15 is 0 Å². The molecular formula is C22H21NO4. The first kappa shape index (κ1) is 14.1. The van der Waals surface area contributed by atoms with E-state index in [1.165, 1.54) is 25.0 Å². The number of hydrogen-bond acceptors (Lipinski definition) is 4. The van der Waals surface area contributed by atoms with E-state index < -0.39 is 4.92 Å². The number of hydrogen-bond donors (Lipinski definition) is 0. The SMILES string of the molecule is O=C(OC12CC3C4CC1C1C4C4C5CC(C34)C2C51)c1ccc([N+](=O)[O-])cc1. The summed E-state index contributed by atoms with van der Waals surface area (Å²) >= 11 is 0. The second kappa shape index (κ2) is 3.94. The molecule has 0 spiro atoms. The number of ether oxygens (including phenoxy) is 1. The molecule has 8 aliphatic carbocycles. The summed E-state index contributed by atoms with van der Waals surface area (Å²) in [6.07, 6.45) is 3.82. The molecule has 138 valence electrons. The lowest BCUT2D eigenvalue weighted by atomic mass is 9.54. The van der Waals surface area contributed by atoms with Crippen LogP contribution in [-0.2, 0) is 4.74 Å². The van der Waals surface area contributed by atoms with Gasteiger partial charge in [-0.3, -0.25) is 10.1 Å². The van der Waals surface area contributed by atoms with Gasteiger partial charge in [0.1, 0.15) is 5.60 Å². The molecule has 0 amide bonds. The standard InChI is InChI=1S/C22H21NO4/c24-21(8-1-3-9(4-2-8)23(25)26)27-22-7-13-10-6-14(22)19-16(10)17-11-5-12(15(13)17)20(22)18(11)19/h1-4,10-20H,5-7H2. The molecule has 8 fully saturated rings. The van der Waals surface area contributed by atoms with Crippen LogP contribution in [0.2, 0.25) is 0 Å². The van der Waals surface area contributed by atoms with Gasteiger partial charge in [0.25, 0.3) is 5.69 Å². The van der Waals surface area contributed by atoms with Crippen LogP contribution in [0.15, 0.2) is 24.3 Å². The van der Waals surface area contributed by atoms with E-state index in [1.807, 2.05) is 0 Å². The third-order valence-electron chi connectivity index (χ3n) is 10.6. The third-order valence-corrected chi connectivity index (χ3v) is 10.6. The molecule has 0 aromatic heterocycles. The summed E-state index contributed by atoms with van der Waals surface area (Å²) in [4.78, 5) is 23.5. The van der Waals surface area contributed by atoms with Gasteiger partial charge in [-0.25, -0.2) is 4.79 Å². The molecule has 8 aliphatic rings. The van der Waals surface area contributed by atoms with Crippen LogP contribution in [0.1, 0.15) is 29.6 Å². The molecule has 1 aromatic carbocycles. The van der Waals surface area contributed by atoms with E-state index in [-0.39, 0.29) is 17.3 Å². The Kier molecular flexibility index (Phi) is 2.06. The van der Waals surface area contributed by atoms with Crippen molar-refractivity contribution in [3.63, 3.8) is 0 Å². The summed E-state index contributed by atoms with van der Waals surface area (Å²) in [7, 11) is 0. The highest BCUT2D eigenvalue weighted by atomic mass is 16.6. The van der Waals surface area contributed by atoms with Crippen LogP contribution in [0.4, 0.5) is 5.69 Å². The maximum atomic E-state index is 13.1. The Morgan fingerprint density at radius 2 is 1.74 bits per heavy atom. The predicted molar refractivity (Wildman–Crippen MR) is 93.5 cm³/mol. The zero-order valence-corrected chi connectivity index (χ0v) is 14.9. The van der Waals surface area contributed by atoms with E-state index in [4.69, 9.17) is 4.74 Å². The number of rotatable bonds is 3. The van der Waals surface area contributed by atoms with Crippen LogP contribution in [0.3, 0.4) is 0 Å². The molecule has 8 saturated carbocycles. The minimum Gasteiger partial charge on any atom is -0.455 e. The summed E-state index contributed by atoms with van der Waals surface area (Å²) in [5, 5.41) is 10.9. The number of nitrogens with zero attached hydrogens (tertiary/aromatic N) is 1. The minimum absolute atomic E-state index is 0.0161. The number of benzene rings is 1. The molecule has 27 heavy (non-hydrogen) atoms. The molecule has 9 rings (SSSR count). The first-order valence-electron chi connectivity index (χ1n) is 10.6. The Morgan fingerprint density at radius 3 is 2.52 bits per heavy atom. The van der Waals surface area contributed by atoms with Gasteiger partial charge in [0.2, 0.25) is 0 Å². The molecule has 0 aliphatic heterocycles. The van der Waals surface area contributed by atoms with E-state index in [0.29, 0.717) is 17.4 Å². The molecule has 12 atom stereocenters. The normalized spacial score (nSPS) is 58.1. The predicted octanol–water partition coefficient (Wildman–Crippen LogP) is 3.53. The van der Waals surface area contributed by atoms with Gasteiger partial charge in [-0.05, 0) is 84.7 Å². The fourth-order valence-corrected chi connectivity index (χ4v) is 10.7. The summed E-state index contributed by atoms with van der Waals surface area (Å²) < 4.78 is 6.47. The van der Waals surface area contributed by atoms with E-state index in [0.717, 1.165) is 59.7 Å². The summed E-state index contributed by atoms with van der Waals surface area (Å²) in [6.45, 7) is 0. The zero-order valence-electron chi connectivity index (χ0n) is 14.9. The number of carbonyl (C=O) groups is 1. The molecule has 0 radical (unpaired) electrons. The molecule has 12 unspecified atom stereocenters. The Labute approximate surface area is 156 Å². The molecular weight excluding hydrogens is 342 g/mol. The average Bonchev–Trinajstić information content (AvgIpc) is 3.41. The van der Waals surface area contributed by atoms with Gasteiger partial charge in [-0.2, -0.15) is 0 Å². The Hall–Kier alpha value is -1.91. The Morgan fingerprint density at radius 1 is 0.963 bits per heavy atom. The van der Waals surface area contributed by atoms with Crippen LogP contribution in [0.5, 0.6) is 0 Å². The van der Waals surface area contributed by atoms with Crippen molar-refractivity contribution in [1.82, 2.24) is 0 Å². The number of nitro groups is 1.